The number of piperazine rings is 1. The summed E-state index contributed by atoms with van der Waals surface area (Å²) in [5, 5.41) is 0. The summed E-state index contributed by atoms with van der Waals surface area (Å²) in [7, 11) is 10.9. The van der Waals surface area contributed by atoms with E-state index in [1.165, 1.54) is 45.4 Å². The molecule has 0 amide bonds. The summed E-state index contributed by atoms with van der Waals surface area (Å²) in [5.41, 5.74) is 0. The molecule has 0 N–H and O–H groups in total. The predicted octanol–water partition coefficient (Wildman–Crippen LogP) is 2.46. The van der Waals surface area contributed by atoms with Gasteiger partial charge in [-0.1, -0.05) is 14.4 Å². The molecule has 4 rings (SSSR count). The molecule has 4 heterocycles. The third-order valence-corrected chi connectivity index (χ3v) is 6.42. The van der Waals surface area contributed by atoms with Gasteiger partial charge in [0, 0.05) is 51.2 Å². The van der Waals surface area contributed by atoms with E-state index < -0.39 is 0 Å². The molecule has 3 fully saturated rings. The average Bonchev–Trinajstić information content (AvgIpc) is 3.13. The van der Waals surface area contributed by atoms with E-state index >= 15 is 0 Å². The van der Waals surface area contributed by atoms with Gasteiger partial charge in [0.2, 0.25) is 0 Å². The first-order valence-electron chi connectivity index (χ1n) is 11.6. The Hall–Kier alpha value is -1.28. The van der Waals surface area contributed by atoms with E-state index in [0.717, 1.165) is 44.0 Å². The molecule has 0 aliphatic carbocycles. The second-order valence-corrected chi connectivity index (χ2v) is 9.51. The van der Waals surface area contributed by atoms with Crippen molar-refractivity contribution in [3.05, 3.63) is 18.6 Å². The fourth-order valence-electron chi connectivity index (χ4n) is 4.16. The Morgan fingerprint density at radius 3 is 1.81 bits per heavy atom. The molecule has 7 heteroatoms. The predicted molar refractivity (Wildman–Crippen MR) is 134 cm³/mol. The highest BCUT2D eigenvalue weighted by molar-refractivity contribution is 5.35. The highest BCUT2D eigenvalue weighted by Crippen LogP contribution is 2.12. The molecule has 1 atom stereocenters. The second-order valence-electron chi connectivity index (χ2n) is 9.51. The summed E-state index contributed by atoms with van der Waals surface area (Å²) < 4.78 is 0. The minimum atomic E-state index is 0. The number of rotatable bonds is 2. The highest BCUT2D eigenvalue weighted by Gasteiger charge is 2.17. The van der Waals surface area contributed by atoms with Crippen molar-refractivity contribution in [2.45, 2.75) is 39.7 Å². The standard InChI is InChI=1S/C9H14N4.C8H18N2.C6H13N.CH4/c1-12-4-6-13(7-5-12)9-8-10-2-3-11-9;1-9(2)8-4-6-10(3)7-5-8;1-6-3-4-7(2)5-6;/h2-3,8H,4-7H2,1H3;8H,4-7H2,1-3H3;6H,3-5H2,1-2H3;1H4. The zero-order valence-corrected chi connectivity index (χ0v) is 20.3. The van der Waals surface area contributed by atoms with Gasteiger partial charge in [0.05, 0.1) is 6.20 Å². The number of hydrogen-bond donors (Lipinski definition) is 0. The van der Waals surface area contributed by atoms with E-state index in [0.29, 0.717) is 0 Å². The van der Waals surface area contributed by atoms with Crippen molar-refractivity contribution < 1.29 is 0 Å². The molecule has 0 radical (unpaired) electrons. The third-order valence-electron chi connectivity index (χ3n) is 6.42. The highest BCUT2D eigenvalue weighted by atomic mass is 15.3. The SMILES string of the molecule is C.CC1CCN(C)C1.CN1CCC(N(C)C)CC1.CN1CCN(c2cnccn2)CC1. The van der Waals surface area contributed by atoms with Crippen molar-refractivity contribution in [1.82, 2.24) is 29.6 Å². The minimum Gasteiger partial charge on any atom is -0.353 e. The lowest BCUT2D eigenvalue weighted by Crippen LogP contribution is -2.44. The molecule has 3 aliphatic heterocycles. The first kappa shape index (κ1) is 27.8. The van der Waals surface area contributed by atoms with Crippen LogP contribution in [0.2, 0.25) is 0 Å². The van der Waals surface area contributed by atoms with Crippen molar-refractivity contribution >= 4 is 5.82 Å². The van der Waals surface area contributed by atoms with Crippen molar-refractivity contribution in [2.24, 2.45) is 5.92 Å². The zero-order valence-electron chi connectivity index (χ0n) is 20.3. The number of aromatic nitrogens is 2. The summed E-state index contributed by atoms with van der Waals surface area (Å²) >= 11 is 0. The van der Waals surface area contributed by atoms with Crippen LogP contribution < -0.4 is 4.90 Å². The molecule has 180 valence electrons. The Kier molecular flexibility index (Phi) is 13.2. The van der Waals surface area contributed by atoms with E-state index in [4.69, 9.17) is 0 Å². The molecule has 3 aliphatic rings. The number of likely N-dealkylation sites (N-methyl/N-ethyl adjacent to an activating group) is 1. The average molecular weight is 436 g/mol. The molecule has 0 aromatic carbocycles. The lowest BCUT2D eigenvalue weighted by Gasteiger charge is -2.32. The fourth-order valence-corrected chi connectivity index (χ4v) is 4.16. The van der Waals surface area contributed by atoms with Gasteiger partial charge in [0.15, 0.2) is 0 Å². The largest absolute Gasteiger partial charge is 0.353 e. The van der Waals surface area contributed by atoms with Gasteiger partial charge in [-0.3, -0.25) is 4.98 Å². The molecule has 1 aromatic heterocycles. The van der Waals surface area contributed by atoms with E-state index in [9.17, 15) is 0 Å². The van der Waals surface area contributed by atoms with Crippen molar-refractivity contribution in [1.29, 1.82) is 0 Å². The number of likely N-dealkylation sites (tertiary alicyclic amines) is 2. The quantitative estimate of drug-likeness (QED) is 0.707. The third kappa shape index (κ3) is 10.7. The van der Waals surface area contributed by atoms with Crippen LogP contribution in [0.4, 0.5) is 5.82 Å². The maximum atomic E-state index is 4.27. The molecule has 1 aromatic rings. The Labute approximate surface area is 192 Å². The lowest BCUT2D eigenvalue weighted by atomic mass is 10.1. The van der Waals surface area contributed by atoms with E-state index in [-0.39, 0.29) is 7.43 Å². The van der Waals surface area contributed by atoms with Gasteiger partial charge < -0.3 is 24.5 Å². The Morgan fingerprint density at radius 1 is 0.806 bits per heavy atom. The first-order chi connectivity index (χ1) is 14.3. The smallest absolute Gasteiger partial charge is 0.147 e. The van der Waals surface area contributed by atoms with Crippen LogP contribution in [0.5, 0.6) is 0 Å². The summed E-state index contributed by atoms with van der Waals surface area (Å²) in [6.45, 7) is 11.8. The summed E-state index contributed by atoms with van der Waals surface area (Å²) in [5.74, 6) is 1.94. The summed E-state index contributed by atoms with van der Waals surface area (Å²) in [4.78, 5) is 20.1. The summed E-state index contributed by atoms with van der Waals surface area (Å²) in [6.07, 6.45) is 9.35. The molecular formula is C24H49N7. The Morgan fingerprint density at radius 2 is 1.39 bits per heavy atom. The van der Waals surface area contributed by atoms with Crippen LogP contribution >= 0.6 is 0 Å². The van der Waals surface area contributed by atoms with Crippen LogP contribution in [0.25, 0.3) is 0 Å². The number of nitrogens with zero attached hydrogens (tertiary/aromatic N) is 7. The van der Waals surface area contributed by atoms with Gasteiger partial charge in [-0.25, -0.2) is 4.98 Å². The molecule has 3 saturated heterocycles. The van der Waals surface area contributed by atoms with Gasteiger partial charge in [0.1, 0.15) is 5.82 Å². The van der Waals surface area contributed by atoms with E-state index in [1.807, 2.05) is 6.20 Å². The van der Waals surface area contributed by atoms with Crippen LogP contribution in [0.3, 0.4) is 0 Å². The van der Waals surface area contributed by atoms with Crippen molar-refractivity contribution in [3.63, 3.8) is 0 Å². The van der Waals surface area contributed by atoms with Crippen LogP contribution in [0.15, 0.2) is 18.6 Å². The van der Waals surface area contributed by atoms with Gasteiger partial charge in [-0.15, -0.1) is 0 Å². The molecule has 7 nitrogen and oxygen atoms in total. The molecule has 0 spiro atoms. The minimum absolute atomic E-state index is 0. The van der Waals surface area contributed by atoms with Gasteiger partial charge >= 0.3 is 0 Å². The monoisotopic (exact) mass is 435 g/mol. The number of piperidine rings is 1. The van der Waals surface area contributed by atoms with Crippen LogP contribution in [0, 0.1) is 5.92 Å². The van der Waals surface area contributed by atoms with Crippen molar-refractivity contribution in [3.8, 4) is 0 Å². The molecular weight excluding hydrogens is 386 g/mol. The van der Waals surface area contributed by atoms with Crippen molar-refractivity contribution in [2.75, 3.05) is 92.5 Å². The van der Waals surface area contributed by atoms with E-state index in [2.05, 4.69) is 76.6 Å². The van der Waals surface area contributed by atoms with Crippen LogP contribution in [0.1, 0.15) is 33.6 Å². The number of anilines is 1. The molecule has 0 saturated carbocycles. The summed E-state index contributed by atoms with van der Waals surface area (Å²) in [6, 6.07) is 0.830. The van der Waals surface area contributed by atoms with Crippen LogP contribution in [-0.2, 0) is 0 Å². The van der Waals surface area contributed by atoms with Gasteiger partial charge in [-0.05, 0) is 80.1 Å². The van der Waals surface area contributed by atoms with Gasteiger partial charge in [0.25, 0.3) is 0 Å². The van der Waals surface area contributed by atoms with E-state index in [1.54, 1.807) is 12.4 Å². The second kappa shape index (κ2) is 14.7. The van der Waals surface area contributed by atoms with Gasteiger partial charge in [-0.2, -0.15) is 0 Å². The fraction of sp³-hybridized carbons (Fsp3) is 0.833. The lowest BCUT2D eigenvalue weighted by molar-refractivity contribution is 0.166. The topological polar surface area (TPSA) is 42.0 Å². The van der Waals surface area contributed by atoms with Crippen LogP contribution in [-0.4, -0.2) is 123 Å². The zero-order chi connectivity index (χ0) is 21.9. The molecule has 1 unspecified atom stereocenters. The Bertz CT molecular complexity index is 544. The molecule has 0 bridgehead atoms. The maximum Gasteiger partial charge on any atom is 0.147 e. The normalized spacial score (nSPS) is 23.5. The molecule has 31 heavy (non-hydrogen) atoms. The number of hydrogen-bond acceptors (Lipinski definition) is 7. The Balaban J connectivity index is 0.000000240. The maximum absolute atomic E-state index is 4.27. The first-order valence-corrected chi connectivity index (χ1v) is 11.6.